The molecule has 1 fully saturated rings. The van der Waals surface area contributed by atoms with Gasteiger partial charge in [-0.3, -0.25) is 9.00 Å². The number of carbonyl (C=O) groups excluding carboxylic acids is 1. The maximum absolute atomic E-state index is 13.5. The number of aromatic nitrogens is 4. The second kappa shape index (κ2) is 9.40. The molecule has 9 nitrogen and oxygen atoms in total. The summed E-state index contributed by atoms with van der Waals surface area (Å²) in [6, 6.07) is 2.20. The monoisotopic (exact) mass is 515 g/mol. The van der Waals surface area contributed by atoms with Crippen molar-refractivity contribution in [1.29, 1.82) is 0 Å². The van der Waals surface area contributed by atoms with Crippen LogP contribution in [0.1, 0.15) is 30.4 Å². The lowest BCUT2D eigenvalue weighted by Gasteiger charge is -2.33. The maximum atomic E-state index is 13.5. The van der Waals surface area contributed by atoms with Crippen molar-refractivity contribution < 1.29 is 36.0 Å². The van der Waals surface area contributed by atoms with Crippen molar-refractivity contribution in [2.24, 2.45) is 7.05 Å². The number of alkyl halides is 3. The van der Waals surface area contributed by atoms with E-state index >= 15 is 0 Å². The number of nitrogens with one attached hydrogen (secondary N) is 1. The number of hydrogen-bond donors (Lipinski definition) is 1. The van der Waals surface area contributed by atoms with Crippen LogP contribution in [0.3, 0.4) is 0 Å². The van der Waals surface area contributed by atoms with Gasteiger partial charge in [0.15, 0.2) is 18.0 Å². The molecule has 0 aromatic carbocycles. The SMILES string of the molecule is Cn1c(C(=O)NC2(C)CCS(=O)CC2)nc2ncc(Oc3ncc(F)cc3OCC(F)(F)F)cc21. The molecule has 0 saturated carbocycles. The van der Waals surface area contributed by atoms with Crippen LogP contribution in [-0.2, 0) is 17.8 Å². The normalized spacial score (nSPS) is 20.6. The standard InChI is InChI=1S/C21H21F4N5O4S/c1-20(3-5-35(32)6-4-20)29-18(31)17-28-16-14(30(17)2)8-13(10-26-16)34-19-15(7-12(22)9-27-19)33-11-21(23,24)25/h7-10H,3-6,11H2,1-2H3,(H,29,31). The van der Waals surface area contributed by atoms with Gasteiger partial charge in [-0.25, -0.2) is 19.3 Å². The first-order valence-corrected chi connectivity index (χ1v) is 11.9. The number of nitrogens with zero attached hydrogens (tertiary/aromatic N) is 4. The number of halogens is 4. The molecule has 1 amide bonds. The Labute approximate surface area is 199 Å². The molecule has 3 aromatic rings. The summed E-state index contributed by atoms with van der Waals surface area (Å²) < 4.78 is 74.4. The molecule has 1 aliphatic heterocycles. The van der Waals surface area contributed by atoms with Crippen molar-refractivity contribution in [3.63, 3.8) is 0 Å². The highest BCUT2D eigenvalue weighted by Crippen LogP contribution is 2.32. The number of imidazole rings is 1. The summed E-state index contributed by atoms with van der Waals surface area (Å²) >= 11 is 0. The van der Waals surface area contributed by atoms with Gasteiger partial charge in [0.25, 0.3) is 11.8 Å². The van der Waals surface area contributed by atoms with Gasteiger partial charge < -0.3 is 19.4 Å². The Morgan fingerprint density at radius 1 is 1.23 bits per heavy atom. The highest BCUT2D eigenvalue weighted by Gasteiger charge is 2.33. The molecule has 188 valence electrons. The first-order chi connectivity index (χ1) is 16.4. The summed E-state index contributed by atoms with van der Waals surface area (Å²) in [5.41, 5.74) is 0.134. The van der Waals surface area contributed by atoms with E-state index in [1.165, 1.54) is 16.8 Å². The highest BCUT2D eigenvalue weighted by atomic mass is 32.2. The first kappa shape index (κ1) is 24.8. The van der Waals surface area contributed by atoms with Crippen molar-refractivity contribution in [2.45, 2.75) is 31.5 Å². The number of carbonyl (C=O) groups is 1. The van der Waals surface area contributed by atoms with E-state index in [1.54, 1.807) is 7.05 Å². The Hall–Kier alpha value is -3.29. The van der Waals surface area contributed by atoms with Gasteiger partial charge in [-0.15, -0.1) is 0 Å². The van der Waals surface area contributed by atoms with E-state index in [-0.39, 0.29) is 23.1 Å². The highest BCUT2D eigenvalue weighted by molar-refractivity contribution is 7.85. The fourth-order valence-electron chi connectivity index (χ4n) is 3.53. The maximum Gasteiger partial charge on any atom is 0.422 e. The van der Waals surface area contributed by atoms with Gasteiger partial charge in [0.2, 0.25) is 5.82 Å². The van der Waals surface area contributed by atoms with Crippen LogP contribution in [0, 0.1) is 5.82 Å². The van der Waals surface area contributed by atoms with Gasteiger partial charge >= 0.3 is 6.18 Å². The van der Waals surface area contributed by atoms with E-state index in [0.717, 1.165) is 12.3 Å². The lowest BCUT2D eigenvalue weighted by Crippen LogP contribution is -2.50. The summed E-state index contributed by atoms with van der Waals surface area (Å²) in [6.07, 6.45) is -1.46. The van der Waals surface area contributed by atoms with Crippen molar-refractivity contribution >= 4 is 27.9 Å². The third-order valence-corrected chi connectivity index (χ3v) is 6.80. The average Bonchev–Trinajstić information content (AvgIpc) is 3.12. The van der Waals surface area contributed by atoms with Gasteiger partial charge in [-0.05, 0) is 19.8 Å². The first-order valence-electron chi connectivity index (χ1n) is 10.5. The largest absolute Gasteiger partial charge is 0.478 e. The number of amides is 1. The number of hydrogen-bond acceptors (Lipinski definition) is 7. The minimum absolute atomic E-state index is 0.0603. The predicted molar refractivity (Wildman–Crippen MR) is 117 cm³/mol. The minimum Gasteiger partial charge on any atom is -0.478 e. The number of ether oxygens (including phenoxy) is 2. The predicted octanol–water partition coefficient (Wildman–Crippen LogP) is 3.27. The second-order valence-electron chi connectivity index (χ2n) is 8.33. The molecule has 1 aliphatic rings. The van der Waals surface area contributed by atoms with E-state index in [9.17, 15) is 26.6 Å². The molecule has 0 atom stereocenters. The molecule has 3 aromatic heterocycles. The number of rotatable bonds is 6. The molecule has 0 spiro atoms. The van der Waals surface area contributed by atoms with Crippen LogP contribution in [0.2, 0.25) is 0 Å². The van der Waals surface area contributed by atoms with Crippen LogP contribution >= 0.6 is 0 Å². The molecule has 35 heavy (non-hydrogen) atoms. The Balaban J connectivity index is 1.56. The molecule has 0 unspecified atom stereocenters. The van der Waals surface area contributed by atoms with E-state index in [1.807, 2.05) is 6.92 Å². The molecular formula is C21H21F4N5O4S. The molecule has 0 radical (unpaired) electrons. The van der Waals surface area contributed by atoms with Crippen LogP contribution in [0.5, 0.6) is 17.4 Å². The number of fused-ring (bicyclic) bond motifs is 1. The fraction of sp³-hybridized carbons (Fsp3) is 0.429. The summed E-state index contributed by atoms with van der Waals surface area (Å²) in [5.74, 6) is -1.08. The van der Waals surface area contributed by atoms with Gasteiger partial charge in [-0.1, -0.05) is 0 Å². The average molecular weight is 515 g/mol. The van der Waals surface area contributed by atoms with Gasteiger partial charge in [0.1, 0.15) is 11.6 Å². The quantitative estimate of drug-likeness (QED) is 0.502. The Morgan fingerprint density at radius 3 is 2.63 bits per heavy atom. The molecule has 0 bridgehead atoms. The lowest BCUT2D eigenvalue weighted by molar-refractivity contribution is -0.153. The van der Waals surface area contributed by atoms with Crippen molar-refractivity contribution in [2.75, 3.05) is 18.1 Å². The molecule has 4 heterocycles. The van der Waals surface area contributed by atoms with Crippen LogP contribution in [0.25, 0.3) is 11.2 Å². The van der Waals surface area contributed by atoms with Crippen LogP contribution in [0.4, 0.5) is 17.6 Å². The minimum atomic E-state index is -4.64. The van der Waals surface area contributed by atoms with Crippen LogP contribution in [-0.4, -0.2) is 59.5 Å². The third kappa shape index (κ3) is 5.86. The van der Waals surface area contributed by atoms with Gasteiger partial charge in [0, 0.05) is 47.0 Å². The van der Waals surface area contributed by atoms with Gasteiger partial charge in [-0.2, -0.15) is 13.2 Å². The van der Waals surface area contributed by atoms with Crippen molar-refractivity contribution in [1.82, 2.24) is 24.8 Å². The number of pyridine rings is 2. The van der Waals surface area contributed by atoms with Crippen molar-refractivity contribution in [3.05, 3.63) is 36.2 Å². The molecular weight excluding hydrogens is 494 g/mol. The smallest absolute Gasteiger partial charge is 0.422 e. The van der Waals surface area contributed by atoms with Crippen LogP contribution in [0.15, 0.2) is 24.5 Å². The lowest BCUT2D eigenvalue weighted by atomic mass is 9.95. The Bertz CT molecular complexity index is 1290. The summed E-state index contributed by atoms with van der Waals surface area (Å²) in [6.45, 7) is 0.239. The molecule has 0 aliphatic carbocycles. The fourth-order valence-corrected chi connectivity index (χ4v) is 5.09. The number of aryl methyl sites for hydroxylation is 1. The van der Waals surface area contributed by atoms with Gasteiger partial charge in [0.05, 0.1) is 17.9 Å². The van der Waals surface area contributed by atoms with Crippen LogP contribution < -0.4 is 14.8 Å². The second-order valence-corrected chi connectivity index (χ2v) is 10.0. The molecule has 1 N–H and O–H groups in total. The Morgan fingerprint density at radius 2 is 1.94 bits per heavy atom. The van der Waals surface area contributed by atoms with E-state index in [0.29, 0.717) is 29.9 Å². The zero-order chi connectivity index (χ0) is 25.4. The molecule has 4 rings (SSSR count). The third-order valence-electron chi connectivity index (χ3n) is 5.49. The van der Waals surface area contributed by atoms with E-state index < -0.39 is 46.6 Å². The molecule has 14 heteroatoms. The summed E-state index contributed by atoms with van der Waals surface area (Å²) in [4.78, 5) is 25.0. The van der Waals surface area contributed by atoms with E-state index in [4.69, 9.17) is 4.74 Å². The zero-order valence-electron chi connectivity index (χ0n) is 18.7. The summed E-state index contributed by atoms with van der Waals surface area (Å²) in [7, 11) is 0.721. The summed E-state index contributed by atoms with van der Waals surface area (Å²) in [5, 5.41) is 2.96. The van der Waals surface area contributed by atoms with E-state index in [2.05, 4.69) is 25.0 Å². The zero-order valence-corrected chi connectivity index (χ0v) is 19.5. The van der Waals surface area contributed by atoms with Crippen molar-refractivity contribution in [3.8, 4) is 17.4 Å². The Kier molecular flexibility index (Phi) is 6.66. The topological polar surface area (TPSA) is 108 Å². The molecule has 1 saturated heterocycles.